The van der Waals surface area contributed by atoms with Crippen molar-refractivity contribution in [1.29, 1.82) is 0 Å². The molecular weight excluding hydrogens is 714 g/mol. The van der Waals surface area contributed by atoms with E-state index >= 15 is 0 Å². The number of ether oxygens (including phenoxy) is 6. The molecule has 1 aromatic carbocycles. The van der Waals surface area contributed by atoms with Crippen molar-refractivity contribution in [1.82, 2.24) is 4.90 Å². The van der Waals surface area contributed by atoms with Gasteiger partial charge in [-0.05, 0) is 44.6 Å². The molecule has 2 fully saturated rings. The number of carbonyl (C=O) groups is 5. The summed E-state index contributed by atoms with van der Waals surface area (Å²) in [7, 11) is 1.36. The van der Waals surface area contributed by atoms with Gasteiger partial charge in [-0.2, -0.15) is 0 Å². The quantitative estimate of drug-likeness (QED) is 0.0781. The Hall–Kier alpha value is -3.78. The molecule has 12 nitrogen and oxygen atoms in total. The van der Waals surface area contributed by atoms with Crippen LogP contribution in [-0.4, -0.2) is 91.2 Å². The molecule has 284 valence electrons. The minimum absolute atomic E-state index is 0.0282. The molecular formula is C38H48ClNO11S. The largest absolute Gasteiger partial charge is 0.469 e. The van der Waals surface area contributed by atoms with E-state index in [0.29, 0.717) is 62.9 Å². The molecule has 14 heteroatoms. The lowest BCUT2D eigenvalue weighted by Gasteiger charge is -2.44. The molecule has 52 heavy (non-hydrogen) atoms. The standard InChI is InChI=1S/C38H48ClNO11S/c1-6-29-35(47-23(2)41)36(48-24(3)42)37(49-25(4)43)38(51-29)50-27(19-20-31-34(39)28-13-10-11-14-30(28)52-31)18-16-26-17-21-32(44)40(26)22-12-8-7-9-15-33(45)46-5/h8,10-14,16,18,26-27,29,35-38H,6-7,9,15,17,19-22H2,1-5H3/b12-8-,18-16+/t26-,27?,29?,35+,36-,37?,38+/m0/s1. The van der Waals surface area contributed by atoms with Crippen molar-refractivity contribution in [3.63, 3.8) is 0 Å². The third kappa shape index (κ3) is 11.4. The molecule has 0 spiro atoms. The number of hydrogen-bond donors (Lipinski definition) is 0. The predicted molar refractivity (Wildman–Crippen MR) is 195 cm³/mol. The number of aryl methyl sites for hydroxylation is 1. The van der Waals surface area contributed by atoms with E-state index in [1.54, 1.807) is 16.2 Å². The molecule has 2 saturated heterocycles. The molecule has 4 rings (SSSR count). The van der Waals surface area contributed by atoms with Crippen LogP contribution in [0.2, 0.25) is 5.02 Å². The first-order valence-electron chi connectivity index (χ1n) is 17.6. The van der Waals surface area contributed by atoms with Crippen molar-refractivity contribution in [2.24, 2.45) is 0 Å². The van der Waals surface area contributed by atoms with E-state index in [1.807, 2.05) is 55.5 Å². The molecule has 0 radical (unpaired) electrons. The maximum Gasteiger partial charge on any atom is 0.305 e. The van der Waals surface area contributed by atoms with Crippen molar-refractivity contribution in [3.8, 4) is 0 Å². The summed E-state index contributed by atoms with van der Waals surface area (Å²) in [5, 5.41) is 1.64. The molecule has 3 heterocycles. The zero-order chi connectivity index (χ0) is 37.8. The van der Waals surface area contributed by atoms with Gasteiger partial charge in [0.25, 0.3) is 0 Å². The number of amides is 1. The van der Waals surface area contributed by atoms with Gasteiger partial charge < -0.3 is 33.3 Å². The Labute approximate surface area is 313 Å². The Kier molecular flexibility index (Phi) is 15.7. The number of benzene rings is 1. The lowest BCUT2D eigenvalue weighted by Crippen LogP contribution is -2.62. The van der Waals surface area contributed by atoms with Gasteiger partial charge in [-0.3, -0.25) is 24.0 Å². The molecule has 7 atom stereocenters. The Morgan fingerprint density at radius 3 is 2.38 bits per heavy atom. The number of allylic oxidation sites excluding steroid dienone is 1. The van der Waals surface area contributed by atoms with Crippen LogP contribution in [0.5, 0.6) is 0 Å². The van der Waals surface area contributed by atoms with Crippen LogP contribution in [0.3, 0.4) is 0 Å². The normalized spacial score (nSPS) is 24.0. The highest BCUT2D eigenvalue weighted by molar-refractivity contribution is 7.19. The van der Waals surface area contributed by atoms with Gasteiger partial charge in [0.15, 0.2) is 24.6 Å². The van der Waals surface area contributed by atoms with Crippen LogP contribution in [0.25, 0.3) is 10.1 Å². The SMILES string of the molecule is CCC1O[C@@H](OC(/C=C/[C@H]2CCC(=O)N2C/C=C\CCCC(=O)OC)CCc2sc3ccccc3c2Cl)C(OC(C)=O)[C@@H](OC(C)=O)[C@@H]1OC(C)=O. The van der Waals surface area contributed by atoms with Gasteiger partial charge in [0.05, 0.1) is 24.3 Å². The Morgan fingerprint density at radius 1 is 1.02 bits per heavy atom. The zero-order valence-electron chi connectivity index (χ0n) is 30.2. The highest BCUT2D eigenvalue weighted by Gasteiger charge is 2.52. The molecule has 2 aliphatic heterocycles. The van der Waals surface area contributed by atoms with Crippen molar-refractivity contribution in [2.45, 2.75) is 122 Å². The maximum absolute atomic E-state index is 12.9. The number of carbonyl (C=O) groups excluding carboxylic acids is 5. The Bertz CT molecular complexity index is 1620. The number of esters is 4. The van der Waals surface area contributed by atoms with Gasteiger partial charge in [0.2, 0.25) is 5.91 Å². The number of methoxy groups -OCH3 is 1. The average molecular weight is 762 g/mol. The fourth-order valence-corrected chi connectivity index (χ4v) is 7.93. The Morgan fingerprint density at radius 2 is 1.71 bits per heavy atom. The van der Waals surface area contributed by atoms with Gasteiger partial charge in [0.1, 0.15) is 6.10 Å². The second-order valence-corrected chi connectivity index (χ2v) is 14.2. The van der Waals surface area contributed by atoms with Crippen LogP contribution < -0.4 is 0 Å². The van der Waals surface area contributed by atoms with Gasteiger partial charge in [-0.1, -0.05) is 61.0 Å². The maximum atomic E-state index is 12.9. The van der Waals surface area contributed by atoms with E-state index < -0.39 is 54.7 Å². The van der Waals surface area contributed by atoms with Crippen LogP contribution in [0.1, 0.15) is 77.5 Å². The lowest BCUT2D eigenvalue weighted by molar-refractivity contribution is -0.310. The molecule has 0 aliphatic carbocycles. The van der Waals surface area contributed by atoms with Crippen molar-refractivity contribution in [2.75, 3.05) is 13.7 Å². The molecule has 1 amide bonds. The van der Waals surface area contributed by atoms with Gasteiger partial charge in [0, 0.05) is 55.1 Å². The number of likely N-dealkylation sites (tertiary alicyclic amines) is 1. The number of fused-ring (bicyclic) bond motifs is 1. The van der Waals surface area contributed by atoms with Crippen molar-refractivity contribution < 1.29 is 52.4 Å². The first kappa shape index (κ1) is 41.0. The van der Waals surface area contributed by atoms with E-state index in [9.17, 15) is 24.0 Å². The predicted octanol–water partition coefficient (Wildman–Crippen LogP) is 6.25. The number of thiophene rings is 1. The lowest BCUT2D eigenvalue weighted by atomic mass is 9.96. The third-order valence-electron chi connectivity index (χ3n) is 8.84. The molecule has 2 aliphatic rings. The summed E-state index contributed by atoms with van der Waals surface area (Å²) in [4.78, 5) is 63.8. The van der Waals surface area contributed by atoms with Crippen LogP contribution in [0, 0.1) is 0 Å². The summed E-state index contributed by atoms with van der Waals surface area (Å²) in [6.45, 7) is 5.91. The summed E-state index contributed by atoms with van der Waals surface area (Å²) in [5.41, 5.74) is 0. The van der Waals surface area contributed by atoms with Gasteiger partial charge in [-0.25, -0.2) is 0 Å². The number of hydrogen-bond acceptors (Lipinski definition) is 12. The second kappa shape index (κ2) is 19.9. The highest BCUT2D eigenvalue weighted by atomic mass is 35.5. The minimum Gasteiger partial charge on any atom is -0.469 e. The van der Waals surface area contributed by atoms with E-state index in [1.165, 1.54) is 27.9 Å². The number of halogens is 1. The first-order valence-corrected chi connectivity index (χ1v) is 18.8. The molecule has 0 N–H and O–H groups in total. The highest BCUT2D eigenvalue weighted by Crippen LogP contribution is 2.37. The molecule has 0 bridgehead atoms. The van der Waals surface area contributed by atoms with E-state index in [4.69, 9.17) is 35.3 Å². The van der Waals surface area contributed by atoms with Crippen molar-refractivity contribution >= 4 is 62.8 Å². The van der Waals surface area contributed by atoms with Crippen LogP contribution >= 0.6 is 22.9 Å². The van der Waals surface area contributed by atoms with E-state index in [2.05, 4.69) is 4.74 Å². The third-order valence-corrected chi connectivity index (χ3v) is 10.6. The summed E-state index contributed by atoms with van der Waals surface area (Å²) in [6, 6.07) is 7.69. The van der Waals surface area contributed by atoms with Crippen LogP contribution in [-0.2, 0) is 58.8 Å². The fourth-order valence-electron chi connectivity index (χ4n) is 6.39. The van der Waals surface area contributed by atoms with Crippen molar-refractivity contribution in [3.05, 3.63) is 58.5 Å². The molecule has 3 unspecified atom stereocenters. The smallest absolute Gasteiger partial charge is 0.305 e. The summed E-state index contributed by atoms with van der Waals surface area (Å²) in [6.07, 6.45) is 5.67. The van der Waals surface area contributed by atoms with Gasteiger partial charge >= 0.3 is 23.9 Å². The molecule has 0 saturated carbocycles. The number of unbranched alkanes of at least 4 members (excludes halogenated alkanes) is 1. The minimum atomic E-state index is -1.26. The topological polar surface area (TPSA) is 144 Å². The average Bonchev–Trinajstić information content (AvgIpc) is 3.62. The van der Waals surface area contributed by atoms with Crippen LogP contribution in [0.15, 0.2) is 48.6 Å². The molecule has 1 aromatic heterocycles. The van der Waals surface area contributed by atoms with E-state index in [-0.39, 0.29) is 17.9 Å². The van der Waals surface area contributed by atoms with Gasteiger partial charge in [-0.15, -0.1) is 11.3 Å². The summed E-state index contributed by atoms with van der Waals surface area (Å²) < 4.78 is 35.5. The summed E-state index contributed by atoms with van der Waals surface area (Å²) >= 11 is 8.40. The monoisotopic (exact) mass is 761 g/mol. The number of rotatable bonds is 17. The zero-order valence-corrected chi connectivity index (χ0v) is 31.8. The molecule has 2 aromatic rings. The van der Waals surface area contributed by atoms with E-state index in [0.717, 1.165) is 15.0 Å². The number of nitrogens with zero attached hydrogens (tertiary/aromatic N) is 1. The summed E-state index contributed by atoms with van der Waals surface area (Å²) in [5.74, 6) is -2.17. The van der Waals surface area contributed by atoms with Crippen LogP contribution in [0.4, 0.5) is 0 Å². The second-order valence-electron chi connectivity index (χ2n) is 12.7. The first-order chi connectivity index (χ1) is 24.9. The fraction of sp³-hybridized carbons (Fsp3) is 0.553. The Balaban J connectivity index is 1.60.